The lowest BCUT2D eigenvalue weighted by molar-refractivity contribution is 0.163. The van der Waals surface area contributed by atoms with Gasteiger partial charge in [0.1, 0.15) is 0 Å². The molecule has 0 aliphatic rings. The Hall–Kier alpha value is 0.314. The molecule has 0 aromatic carbocycles. The summed E-state index contributed by atoms with van der Waals surface area (Å²) in [7, 11) is 4.46. The second-order valence-electron chi connectivity index (χ2n) is 3.76. The van der Waals surface area contributed by atoms with E-state index < -0.39 is 9.53 Å². The lowest BCUT2D eigenvalue weighted by Gasteiger charge is -2.05. The van der Waals surface area contributed by atoms with Gasteiger partial charge in [-0.05, 0) is 0 Å². The minimum Gasteiger partial charge on any atom is -0.379 e. The van der Waals surface area contributed by atoms with Gasteiger partial charge in [-0.2, -0.15) is 0 Å². The van der Waals surface area contributed by atoms with Gasteiger partial charge in [0.25, 0.3) is 0 Å². The molecular formula is C11H30O3Si2. The predicted molar refractivity (Wildman–Crippen MR) is 76.3 cm³/mol. The minimum absolute atomic E-state index is 1.38. The summed E-state index contributed by atoms with van der Waals surface area (Å²) in [5.74, 6) is 0. The SMILES string of the molecule is CCCCCCCC[SiH3].CO[SiH](OC)OC. The molecule has 5 heteroatoms. The Morgan fingerprint density at radius 2 is 1.25 bits per heavy atom. The average molecular weight is 267 g/mol. The predicted octanol–water partition coefficient (Wildman–Crippen LogP) is 1.77. The van der Waals surface area contributed by atoms with Crippen LogP contribution in [0.1, 0.15) is 45.4 Å². The van der Waals surface area contributed by atoms with Crippen LogP contribution in [0.5, 0.6) is 0 Å². The second kappa shape index (κ2) is 17.7. The summed E-state index contributed by atoms with van der Waals surface area (Å²) in [4.78, 5) is 0. The van der Waals surface area contributed by atoms with Crippen LogP contribution < -0.4 is 0 Å². The van der Waals surface area contributed by atoms with Crippen LogP contribution in [0.4, 0.5) is 0 Å². The van der Waals surface area contributed by atoms with Crippen molar-refractivity contribution >= 4 is 19.8 Å². The molecule has 0 N–H and O–H groups in total. The van der Waals surface area contributed by atoms with Crippen LogP contribution in [0, 0.1) is 0 Å². The van der Waals surface area contributed by atoms with E-state index >= 15 is 0 Å². The van der Waals surface area contributed by atoms with Crippen molar-refractivity contribution < 1.29 is 13.3 Å². The summed E-state index contributed by atoms with van der Waals surface area (Å²) in [6.45, 7) is 2.27. The zero-order valence-corrected chi connectivity index (χ0v) is 14.9. The lowest BCUT2D eigenvalue weighted by Crippen LogP contribution is -2.21. The van der Waals surface area contributed by atoms with Crippen molar-refractivity contribution in [3.8, 4) is 0 Å². The molecule has 16 heavy (non-hydrogen) atoms. The van der Waals surface area contributed by atoms with Crippen molar-refractivity contribution in [3.05, 3.63) is 0 Å². The molecule has 0 aliphatic carbocycles. The normalized spacial score (nSPS) is 10.3. The number of unbranched alkanes of at least 4 members (excludes halogenated alkanes) is 5. The minimum atomic E-state index is -1.67. The molecule has 0 radical (unpaired) electrons. The maximum atomic E-state index is 4.74. The van der Waals surface area contributed by atoms with Crippen molar-refractivity contribution in [3.63, 3.8) is 0 Å². The molecule has 3 nitrogen and oxygen atoms in total. The Labute approximate surface area is 106 Å². The van der Waals surface area contributed by atoms with Crippen LogP contribution in [-0.2, 0) is 13.3 Å². The Bertz CT molecular complexity index is 99.9. The fourth-order valence-electron chi connectivity index (χ4n) is 1.32. The summed E-state index contributed by atoms with van der Waals surface area (Å²) in [5, 5.41) is 0. The average Bonchev–Trinajstić information content (AvgIpc) is 2.32. The Balaban J connectivity index is 0. The monoisotopic (exact) mass is 266 g/mol. The summed E-state index contributed by atoms with van der Waals surface area (Å²) < 4.78 is 14.2. The number of hydrogen-bond acceptors (Lipinski definition) is 3. The van der Waals surface area contributed by atoms with Crippen LogP contribution in [0.3, 0.4) is 0 Å². The third kappa shape index (κ3) is 16.7. The van der Waals surface area contributed by atoms with E-state index in [1.807, 2.05) is 0 Å². The highest BCUT2D eigenvalue weighted by Crippen LogP contribution is 2.05. The van der Waals surface area contributed by atoms with Crippen molar-refractivity contribution in [2.75, 3.05) is 21.3 Å². The molecule has 0 rings (SSSR count). The van der Waals surface area contributed by atoms with Crippen molar-refractivity contribution in [2.45, 2.75) is 51.5 Å². The van der Waals surface area contributed by atoms with Gasteiger partial charge < -0.3 is 13.3 Å². The van der Waals surface area contributed by atoms with E-state index in [1.54, 1.807) is 21.3 Å². The van der Waals surface area contributed by atoms with Crippen LogP contribution in [0.2, 0.25) is 6.04 Å². The van der Waals surface area contributed by atoms with E-state index in [2.05, 4.69) is 6.92 Å². The van der Waals surface area contributed by atoms with E-state index in [9.17, 15) is 0 Å². The molecule has 0 spiro atoms. The van der Waals surface area contributed by atoms with Crippen LogP contribution >= 0.6 is 0 Å². The maximum Gasteiger partial charge on any atom is 0.483 e. The largest absolute Gasteiger partial charge is 0.483 e. The zero-order chi connectivity index (χ0) is 12.6. The zero-order valence-electron chi connectivity index (χ0n) is 11.8. The first-order chi connectivity index (χ1) is 7.76. The first-order valence-electron chi connectivity index (χ1n) is 6.35. The third-order valence-electron chi connectivity index (χ3n) is 2.28. The summed E-state index contributed by atoms with van der Waals surface area (Å²) in [5.41, 5.74) is 0. The molecule has 0 unspecified atom stereocenters. The van der Waals surface area contributed by atoms with Crippen LogP contribution in [-0.4, -0.2) is 41.1 Å². The first kappa shape index (κ1) is 18.7. The van der Waals surface area contributed by atoms with E-state index in [-0.39, 0.29) is 0 Å². The third-order valence-corrected chi connectivity index (χ3v) is 4.15. The van der Waals surface area contributed by atoms with Gasteiger partial charge >= 0.3 is 9.53 Å². The molecular weight excluding hydrogens is 236 g/mol. The maximum absolute atomic E-state index is 4.74. The molecule has 0 bridgehead atoms. The number of rotatable bonds is 9. The molecule has 0 atom stereocenters. The van der Waals surface area contributed by atoms with Gasteiger partial charge in [-0.15, -0.1) is 0 Å². The fraction of sp³-hybridized carbons (Fsp3) is 1.00. The summed E-state index contributed by atoms with van der Waals surface area (Å²) >= 11 is 0. The standard InChI is InChI=1S/C8H20Si.C3H10O3Si/c1-2-3-4-5-6-7-8-9;1-4-7(5-2)6-3/h2-8H2,1,9H3;7H,1-3H3. The molecule has 0 aromatic heterocycles. The molecule has 0 saturated heterocycles. The molecule has 0 fully saturated rings. The smallest absolute Gasteiger partial charge is 0.379 e. The van der Waals surface area contributed by atoms with E-state index in [0.29, 0.717) is 0 Å². The lowest BCUT2D eigenvalue weighted by atomic mass is 10.1. The van der Waals surface area contributed by atoms with Crippen molar-refractivity contribution in [1.82, 2.24) is 0 Å². The summed E-state index contributed by atoms with van der Waals surface area (Å²) in [6.07, 6.45) is 8.76. The molecule has 0 amide bonds. The first-order valence-corrected chi connectivity index (χ1v) is 9.17. The molecule has 0 heterocycles. The van der Waals surface area contributed by atoms with Crippen LogP contribution in [0.15, 0.2) is 0 Å². The highest BCUT2D eigenvalue weighted by molar-refractivity contribution is 6.36. The second-order valence-corrected chi connectivity index (χ2v) is 6.76. The Morgan fingerprint density at radius 3 is 1.56 bits per heavy atom. The molecule has 0 aromatic rings. The van der Waals surface area contributed by atoms with Gasteiger partial charge in [-0.25, -0.2) is 0 Å². The quantitative estimate of drug-likeness (QED) is 0.470. The highest BCUT2D eigenvalue weighted by Gasteiger charge is 2.04. The van der Waals surface area contributed by atoms with E-state index in [4.69, 9.17) is 13.3 Å². The Kier molecular flexibility index (Phi) is 20.7. The van der Waals surface area contributed by atoms with E-state index in [1.165, 1.54) is 54.8 Å². The van der Waals surface area contributed by atoms with Crippen molar-refractivity contribution in [1.29, 1.82) is 0 Å². The van der Waals surface area contributed by atoms with Gasteiger partial charge in [-0.3, -0.25) is 0 Å². The van der Waals surface area contributed by atoms with Gasteiger partial charge in [0.15, 0.2) is 0 Å². The molecule has 0 aliphatic heterocycles. The van der Waals surface area contributed by atoms with Crippen molar-refractivity contribution in [2.24, 2.45) is 0 Å². The van der Waals surface area contributed by atoms with Gasteiger partial charge in [-0.1, -0.05) is 51.5 Å². The van der Waals surface area contributed by atoms with Crippen LogP contribution in [0.25, 0.3) is 0 Å². The Morgan fingerprint density at radius 1 is 0.812 bits per heavy atom. The number of hydrogen-bond donors (Lipinski definition) is 0. The highest BCUT2D eigenvalue weighted by atomic mass is 28.3. The van der Waals surface area contributed by atoms with Gasteiger partial charge in [0.05, 0.1) is 0 Å². The molecule has 0 saturated carbocycles. The molecule has 100 valence electrons. The van der Waals surface area contributed by atoms with Gasteiger partial charge in [0, 0.05) is 31.6 Å². The topological polar surface area (TPSA) is 27.7 Å². The van der Waals surface area contributed by atoms with Gasteiger partial charge in [0.2, 0.25) is 0 Å². The summed E-state index contributed by atoms with van der Waals surface area (Å²) in [6, 6.07) is 1.51. The fourth-order valence-corrected chi connectivity index (χ4v) is 2.40. The van der Waals surface area contributed by atoms with E-state index in [0.717, 1.165) is 0 Å².